The molecule has 2 atom stereocenters. The van der Waals surface area contributed by atoms with Crippen LogP contribution in [0.2, 0.25) is 0 Å². The SMILES string of the molecule is CC[C@@H](C)NC(=O)[C@@H](C)N(Cc1ccccc1C)C(=O)CCc1ccccc1. The van der Waals surface area contributed by atoms with Gasteiger partial charge in [0.15, 0.2) is 0 Å². The number of aryl methyl sites for hydroxylation is 2. The lowest BCUT2D eigenvalue weighted by Crippen LogP contribution is -2.49. The predicted molar refractivity (Wildman–Crippen MR) is 114 cm³/mol. The van der Waals surface area contributed by atoms with Crippen molar-refractivity contribution >= 4 is 11.8 Å². The van der Waals surface area contributed by atoms with Gasteiger partial charge in [-0.15, -0.1) is 0 Å². The first kappa shape index (κ1) is 21.7. The molecule has 150 valence electrons. The summed E-state index contributed by atoms with van der Waals surface area (Å²) < 4.78 is 0. The first-order valence-corrected chi connectivity index (χ1v) is 10.1. The summed E-state index contributed by atoms with van der Waals surface area (Å²) in [5.41, 5.74) is 3.32. The maximum Gasteiger partial charge on any atom is 0.242 e. The van der Waals surface area contributed by atoms with Gasteiger partial charge in [-0.05, 0) is 50.3 Å². The summed E-state index contributed by atoms with van der Waals surface area (Å²) in [4.78, 5) is 27.5. The zero-order valence-electron chi connectivity index (χ0n) is 17.4. The standard InChI is InChI=1S/C24H32N2O2/c1-5-19(3)25-24(28)20(4)26(17-22-14-10-9-11-18(22)2)23(27)16-15-21-12-7-6-8-13-21/h6-14,19-20H,5,15-17H2,1-4H3,(H,25,28)/t19-,20-/m1/s1. The molecule has 0 fully saturated rings. The van der Waals surface area contributed by atoms with Crippen LogP contribution < -0.4 is 5.32 Å². The molecule has 0 spiro atoms. The van der Waals surface area contributed by atoms with E-state index in [9.17, 15) is 9.59 Å². The molecule has 2 aromatic rings. The van der Waals surface area contributed by atoms with Crippen molar-refractivity contribution in [2.75, 3.05) is 0 Å². The molecule has 0 bridgehead atoms. The summed E-state index contributed by atoms with van der Waals surface area (Å²) in [6.07, 6.45) is 1.92. The van der Waals surface area contributed by atoms with Gasteiger partial charge in [0.2, 0.25) is 11.8 Å². The molecular formula is C24H32N2O2. The smallest absolute Gasteiger partial charge is 0.242 e. The maximum absolute atomic E-state index is 13.1. The van der Waals surface area contributed by atoms with Gasteiger partial charge < -0.3 is 10.2 Å². The number of benzene rings is 2. The van der Waals surface area contributed by atoms with Crippen LogP contribution in [0, 0.1) is 6.92 Å². The Balaban J connectivity index is 2.15. The van der Waals surface area contributed by atoms with Crippen molar-refractivity contribution < 1.29 is 9.59 Å². The van der Waals surface area contributed by atoms with Crippen molar-refractivity contribution in [3.63, 3.8) is 0 Å². The second kappa shape index (κ2) is 10.6. The average molecular weight is 381 g/mol. The minimum atomic E-state index is -0.517. The van der Waals surface area contributed by atoms with E-state index in [1.165, 1.54) is 0 Å². The number of nitrogens with one attached hydrogen (secondary N) is 1. The molecule has 2 aromatic carbocycles. The fourth-order valence-electron chi connectivity index (χ4n) is 3.06. The summed E-state index contributed by atoms with van der Waals surface area (Å²) in [6.45, 7) is 8.30. The van der Waals surface area contributed by atoms with Crippen LogP contribution in [-0.4, -0.2) is 28.8 Å². The highest BCUT2D eigenvalue weighted by Crippen LogP contribution is 2.16. The maximum atomic E-state index is 13.1. The number of amides is 2. The van der Waals surface area contributed by atoms with Crippen LogP contribution in [0.4, 0.5) is 0 Å². The number of hydrogen-bond donors (Lipinski definition) is 1. The Kier molecular flexibility index (Phi) is 8.24. The van der Waals surface area contributed by atoms with E-state index in [0.717, 1.165) is 23.1 Å². The van der Waals surface area contributed by atoms with Crippen molar-refractivity contribution in [2.45, 2.75) is 65.6 Å². The van der Waals surface area contributed by atoms with Gasteiger partial charge in [0.05, 0.1) is 0 Å². The highest BCUT2D eigenvalue weighted by Gasteiger charge is 2.26. The lowest BCUT2D eigenvalue weighted by atomic mass is 10.1. The van der Waals surface area contributed by atoms with Gasteiger partial charge in [-0.3, -0.25) is 9.59 Å². The minimum Gasteiger partial charge on any atom is -0.352 e. The van der Waals surface area contributed by atoms with E-state index in [-0.39, 0.29) is 17.9 Å². The van der Waals surface area contributed by atoms with Crippen molar-refractivity contribution in [2.24, 2.45) is 0 Å². The molecule has 0 radical (unpaired) electrons. The van der Waals surface area contributed by atoms with Gasteiger partial charge in [-0.1, -0.05) is 61.5 Å². The second-order valence-electron chi connectivity index (χ2n) is 7.43. The number of rotatable bonds is 9. The lowest BCUT2D eigenvalue weighted by molar-refractivity contribution is -0.140. The molecule has 0 aliphatic carbocycles. The molecule has 2 amide bonds. The molecule has 2 rings (SSSR count). The van der Waals surface area contributed by atoms with Gasteiger partial charge in [0.1, 0.15) is 6.04 Å². The van der Waals surface area contributed by atoms with Gasteiger partial charge in [-0.25, -0.2) is 0 Å². The number of hydrogen-bond acceptors (Lipinski definition) is 2. The Hall–Kier alpha value is -2.62. The van der Waals surface area contributed by atoms with Crippen molar-refractivity contribution in [3.05, 3.63) is 71.3 Å². The molecule has 0 saturated heterocycles. The van der Waals surface area contributed by atoms with Gasteiger partial charge >= 0.3 is 0 Å². The Morgan fingerprint density at radius 3 is 2.29 bits per heavy atom. The fourth-order valence-corrected chi connectivity index (χ4v) is 3.06. The Morgan fingerprint density at radius 1 is 1.00 bits per heavy atom. The Labute approximate surface area is 169 Å². The van der Waals surface area contributed by atoms with E-state index in [1.807, 2.05) is 82.3 Å². The predicted octanol–water partition coefficient (Wildman–Crippen LogP) is 4.26. The van der Waals surface area contributed by atoms with Crippen LogP contribution in [-0.2, 0) is 22.6 Å². The van der Waals surface area contributed by atoms with Gasteiger partial charge in [0, 0.05) is 19.0 Å². The summed E-state index contributed by atoms with van der Waals surface area (Å²) in [7, 11) is 0. The van der Waals surface area contributed by atoms with Crippen LogP contribution in [0.3, 0.4) is 0 Å². The van der Waals surface area contributed by atoms with Crippen molar-refractivity contribution in [3.8, 4) is 0 Å². The molecule has 4 nitrogen and oxygen atoms in total. The zero-order chi connectivity index (χ0) is 20.5. The number of nitrogens with zero attached hydrogens (tertiary/aromatic N) is 1. The van der Waals surface area contributed by atoms with Crippen LogP contribution in [0.25, 0.3) is 0 Å². The number of carbonyl (C=O) groups is 2. The van der Waals surface area contributed by atoms with E-state index in [0.29, 0.717) is 19.4 Å². The van der Waals surface area contributed by atoms with Gasteiger partial charge in [0.25, 0.3) is 0 Å². The average Bonchev–Trinajstić information content (AvgIpc) is 2.71. The molecule has 1 N–H and O–H groups in total. The largest absolute Gasteiger partial charge is 0.352 e. The second-order valence-corrected chi connectivity index (χ2v) is 7.43. The van der Waals surface area contributed by atoms with Gasteiger partial charge in [-0.2, -0.15) is 0 Å². The van der Waals surface area contributed by atoms with E-state index >= 15 is 0 Å². The Morgan fingerprint density at radius 2 is 1.64 bits per heavy atom. The first-order chi connectivity index (χ1) is 13.4. The number of carbonyl (C=O) groups excluding carboxylic acids is 2. The highest BCUT2D eigenvalue weighted by atomic mass is 16.2. The molecule has 0 saturated carbocycles. The minimum absolute atomic E-state index is 0.00101. The topological polar surface area (TPSA) is 49.4 Å². The van der Waals surface area contributed by atoms with E-state index < -0.39 is 6.04 Å². The van der Waals surface area contributed by atoms with E-state index in [1.54, 1.807) is 4.90 Å². The molecular weight excluding hydrogens is 348 g/mol. The van der Waals surface area contributed by atoms with Crippen LogP contribution in [0.15, 0.2) is 54.6 Å². The van der Waals surface area contributed by atoms with E-state index in [2.05, 4.69) is 5.32 Å². The first-order valence-electron chi connectivity index (χ1n) is 10.1. The third-order valence-electron chi connectivity index (χ3n) is 5.24. The normalized spacial score (nSPS) is 12.9. The van der Waals surface area contributed by atoms with Crippen LogP contribution >= 0.6 is 0 Å². The highest BCUT2D eigenvalue weighted by molar-refractivity contribution is 5.87. The monoisotopic (exact) mass is 380 g/mol. The lowest BCUT2D eigenvalue weighted by Gasteiger charge is -2.30. The Bertz CT molecular complexity index is 773. The summed E-state index contributed by atoms with van der Waals surface area (Å²) in [5.74, 6) is -0.102. The summed E-state index contributed by atoms with van der Waals surface area (Å²) >= 11 is 0. The molecule has 0 aliphatic heterocycles. The van der Waals surface area contributed by atoms with Crippen molar-refractivity contribution in [1.82, 2.24) is 10.2 Å². The molecule has 0 aromatic heterocycles. The third-order valence-corrected chi connectivity index (χ3v) is 5.24. The summed E-state index contributed by atoms with van der Waals surface area (Å²) in [5, 5.41) is 3.01. The molecule has 0 heterocycles. The molecule has 0 unspecified atom stereocenters. The van der Waals surface area contributed by atoms with Crippen LogP contribution in [0.5, 0.6) is 0 Å². The fraction of sp³-hybridized carbons (Fsp3) is 0.417. The summed E-state index contributed by atoms with van der Waals surface area (Å²) in [6, 6.07) is 17.6. The zero-order valence-corrected chi connectivity index (χ0v) is 17.4. The quantitative estimate of drug-likeness (QED) is 0.707. The molecule has 28 heavy (non-hydrogen) atoms. The van der Waals surface area contributed by atoms with Crippen LogP contribution in [0.1, 0.15) is 50.3 Å². The molecule has 4 heteroatoms. The van der Waals surface area contributed by atoms with E-state index in [4.69, 9.17) is 0 Å². The molecule has 0 aliphatic rings. The van der Waals surface area contributed by atoms with Crippen molar-refractivity contribution in [1.29, 1.82) is 0 Å². The third kappa shape index (κ3) is 6.22.